The van der Waals surface area contributed by atoms with Crippen LogP contribution in [0.15, 0.2) is 59.4 Å². The molecule has 0 unspecified atom stereocenters. The number of amides is 1. The molecule has 0 saturated carbocycles. The molecule has 6 heteroatoms. The molecule has 0 aliphatic heterocycles. The molecule has 0 fully saturated rings. The summed E-state index contributed by atoms with van der Waals surface area (Å²) in [6.45, 7) is 0. The van der Waals surface area contributed by atoms with Gasteiger partial charge in [0.05, 0.1) is 0 Å². The van der Waals surface area contributed by atoms with Crippen LogP contribution >= 0.6 is 11.3 Å². The standard InChI is InChI=1S/C17H11NO4S/c19-13-9-15(10-4-2-1-3-5-10)23-14-7-6-11(8-12(13)14)18-16(20)17(21)22/h1-9H,(H,18,20)(H,21,22). The zero-order chi connectivity index (χ0) is 16.4. The van der Waals surface area contributed by atoms with E-state index in [1.165, 1.54) is 17.4 Å². The number of carboxylic acids is 1. The zero-order valence-electron chi connectivity index (χ0n) is 11.8. The molecule has 0 aliphatic rings. The van der Waals surface area contributed by atoms with Crippen molar-refractivity contribution in [1.82, 2.24) is 0 Å². The predicted octanol–water partition coefficient (Wildman–Crippen LogP) is 2.95. The molecule has 1 aromatic heterocycles. The maximum Gasteiger partial charge on any atom is 0.394 e. The number of benzene rings is 2. The third kappa shape index (κ3) is 3.12. The van der Waals surface area contributed by atoms with Gasteiger partial charge in [0.2, 0.25) is 0 Å². The van der Waals surface area contributed by atoms with E-state index in [0.29, 0.717) is 5.39 Å². The number of rotatable bonds is 2. The lowest BCUT2D eigenvalue weighted by Gasteiger charge is -2.05. The summed E-state index contributed by atoms with van der Waals surface area (Å²) in [5.41, 5.74) is 1.06. The van der Waals surface area contributed by atoms with Crippen molar-refractivity contribution in [1.29, 1.82) is 0 Å². The molecule has 2 aromatic carbocycles. The number of nitrogens with one attached hydrogen (secondary N) is 1. The molecular formula is C17H11NO4S. The molecule has 0 radical (unpaired) electrons. The van der Waals surface area contributed by atoms with E-state index in [-0.39, 0.29) is 11.1 Å². The molecule has 1 heterocycles. The van der Waals surface area contributed by atoms with E-state index in [4.69, 9.17) is 5.11 Å². The van der Waals surface area contributed by atoms with Crippen molar-refractivity contribution in [2.24, 2.45) is 0 Å². The Morgan fingerprint density at radius 3 is 2.43 bits per heavy atom. The molecule has 1 amide bonds. The number of hydrogen-bond acceptors (Lipinski definition) is 4. The first kappa shape index (κ1) is 14.9. The lowest BCUT2D eigenvalue weighted by atomic mass is 10.1. The second-order valence-corrected chi connectivity index (χ2v) is 5.89. The van der Waals surface area contributed by atoms with Crippen LogP contribution in [0.3, 0.4) is 0 Å². The highest BCUT2D eigenvalue weighted by Gasteiger charge is 2.12. The minimum Gasteiger partial charge on any atom is -0.474 e. The second-order valence-electron chi connectivity index (χ2n) is 4.81. The largest absolute Gasteiger partial charge is 0.474 e. The SMILES string of the molecule is O=C(O)C(=O)Nc1ccc2sc(-c3ccccc3)cc(=O)c2c1. The molecule has 3 aromatic rings. The smallest absolute Gasteiger partial charge is 0.394 e. The molecular weight excluding hydrogens is 314 g/mol. The Bertz CT molecular complexity index is 963. The number of anilines is 1. The Morgan fingerprint density at radius 1 is 1.00 bits per heavy atom. The van der Waals surface area contributed by atoms with Crippen molar-refractivity contribution in [2.45, 2.75) is 0 Å². The first-order valence-electron chi connectivity index (χ1n) is 6.72. The molecule has 0 bridgehead atoms. The third-order valence-electron chi connectivity index (χ3n) is 3.24. The van der Waals surface area contributed by atoms with Gasteiger partial charge in [0.15, 0.2) is 5.43 Å². The first-order valence-corrected chi connectivity index (χ1v) is 7.54. The fourth-order valence-electron chi connectivity index (χ4n) is 2.16. The van der Waals surface area contributed by atoms with Gasteiger partial charge in [-0.25, -0.2) is 4.79 Å². The van der Waals surface area contributed by atoms with Gasteiger partial charge < -0.3 is 10.4 Å². The fourth-order valence-corrected chi connectivity index (χ4v) is 3.23. The predicted molar refractivity (Wildman–Crippen MR) is 89.8 cm³/mol. The van der Waals surface area contributed by atoms with E-state index in [2.05, 4.69) is 5.32 Å². The minimum absolute atomic E-state index is 0.177. The van der Waals surface area contributed by atoms with Crippen LogP contribution in [0.2, 0.25) is 0 Å². The van der Waals surface area contributed by atoms with Gasteiger partial charge in [-0.15, -0.1) is 11.3 Å². The number of aliphatic carboxylic acids is 1. The van der Waals surface area contributed by atoms with Gasteiger partial charge in [-0.2, -0.15) is 0 Å². The number of fused-ring (bicyclic) bond motifs is 1. The summed E-state index contributed by atoms with van der Waals surface area (Å²) < 4.78 is 0.768. The fraction of sp³-hybridized carbons (Fsp3) is 0. The summed E-state index contributed by atoms with van der Waals surface area (Å²) in [5, 5.41) is 11.3. The van der Waals surface area contributed by atoms with Crippen molar-refractivity contribution in [3.8, 4) is 10.4 Å². The third-order valence-corrected chi connectivity index (χ3v) is 4.39. The van der Waals surface area contributed by atoms with Crippen molar-refractivity contribution >= 4 is 39.0 Å². The Morgan fingerprint density at radius 2 is 1.74 bits per heavy atom. The minimum atomic E-state index is -1.57. The quantitative estimate of drug-likeness (QED) is 0.710. The van der Waals surface area contributed by atoms with Crippen molar-refractivity contribution < 1.29 is 14.7 Å². The molecule has 23 heavy (non-hydrogen) atoms. The van der Waals surface area contributed by atoms with Crippen LogP contribution in [-0.4, -0.2) is 17.0 Å². The van der Waals surface area contributed by atoms with E-state index in [1.54, 1.807) is 18.2 Å². The van der Waals surface area contributed by atoms with Gasteiger partial charge in [-0.1, -0.05) is 30.3 Å². The molecule has 5 nitrogen and oxygen atoms in total. The van der Waals surface area contributed by atoms with Gasteiger partial charge in [0.1, 0.15) is 0 Å². The lowest BCUT2D eigenvalue weighted by molar-refractivity contribution is -0.147. The molecule has 3 rings (SSSR count). The molecule has 114 valence electrons. The maximum atomic E-state index is 12.3. The summed E-state index contributed by atoms with van der Waals surface area (Å²) in [4.78, 5) is 34.9. The van der Waals surface area contributed by atoms with Crippen LogP contribution < -0.4 is 10.7 Å². The Balaban J connectivity index is 2.05. The summed E-state index contributed by atoms with van der Waals surface area (Å²) in [6, 6.07) is 15.9. The average molecular weight is 325 g/mol. The van der Waals surface area contributed by atoms with Crippen LogP contribution in [0.1, 0.15) is 0 Å². The number of hydrogen-bond donors (Lipinski definition) is 2. The Kier molecular flexibility index (Phi) is 3.91. The van der Waals surface area contributed by atoms with Gasteiger partial charge in [0, 0.05) is 26.7 Å². The van der Waals surface area contributed by atoms with E-state index < -0.39 is 11.9 Å². The van der Waals surface area contributed by atoms with Gasteiger partial charge in [-0.05, 0) is 23.8 Å². The van der Waals surface area contributed by atoms with Crippen molar-refractivity contribution in [3.05, 3.63) is 64.8 Å². The van der Waals surface area contributed by atoms with Crippen molar-refractivity contribution in [2.75, 3.05) is 5.32 Å². The van der Waals surface area contributed by atoms with E-state index >= 15 is 0 Å². The van der Waals surface area contributed by atoms with E-state index in [0.717, 1.165) is 15.1 Å². The highest BCUT2D eigenvalue weighted by atomic mass is 32.1. The van der Waals surface area contributed by atoms with Crippen LogP contribution in [0.4, 0.5) is 5.69 Å². The monoisotopic (exact) mass is 325 g/mol. The Labute approximate surface area is 134 Å². The maximum absolute atomic E-state index is 12.3. The van der Waals surface area contributed by atoms with Gasteiger partial charge >= 0.3 is 11.9 Å². The molecule has 0 atom stereocenters. The topological polar surface area (TPSA) is 83.5 Å². The van der Waals surface area contributed by atoms with E-state index in [1.807, 2.05) is 30.3 Å². The highest BCUT2D eigenvalue weighted by molar-refractivity contribution is 7.21. The van der Waals surface area contributed by atoms with E-state index in [9.17, 15) is 14.4 Å². The lowest BCUT2D eigenvalue weighted by Crippen LogP contribution is -2.21. The number of carbonyl (C=O) groups is 2. The van der Waals surface area contributed by atoms with Crippen LogP contribution in [0.25, 0.3) is 20.5 Å². The van der Waals surface area contributed by atoms with Crippen molar-refractivity contribution in [3.63, 3.8) is 0 Å². The van der Waals surface area contributed by atoms with Gasteiger partial charge in [0.25, 0.3) is 0 Å². The summed E-state index contributed by atoms with van der Waals surface area (Å²) in [7, 11) is 0. The molecule has 2 N–H and O–H groups in total. The van der Waals surface area contributed by atoms with Crippen LogP contribution in [0, 0.1) is 0 Å². The number of carbonyl (C=O) groups excluding carboxylic acids is 1. The second kappa shape index (κ2) is 6.02. The van der Waals surface area contributed by atoms with Gasteiger partial charge in [-0.3, -0.25) is 9.59 Å². The summed E-state index contributed by atoms with van der Waals surface area (Å²) in [6.07, 6.45) is 0. The van der Waals surface area contributed by atoms with Crippen LogP contribution in [0.5, 0.6) is 0 Å². The average Bonchev–Trinajstić information content (AvgIpc) is 2.56. The van der Waals surface area contributed by atoms with Crippen LogP contribution in [-0.2, 0) is 9.59 Å². The Hall–Kier alpha value is -2.99. The molecule has 0 saturated heterocycles. The summed E-state index contributed by atoms with van der Waals surface area (Å²) >= 11 is 1.46. The first-order chi connectivity index (χ1) is 11.0. The number of carboxylic acid groups (broad SMARTS) is 1. The summed E-state index contributed by atoms with van der Waals surface area (Å²) in [5.74, 6) is -2.71. The molecule has 0 spiro atoms. The highest BCUT2D eigenvalue weighted by Crippen LogP contribution is 2.29. The molecule has 0 aliphatic carbocycles. The zero-order valence-corrected chi connectivity index (χ0v) is 12.6. The normalized spacial score (nSPS) is 10.4.